The summed E-state index contributed by atoms with van der Waals surface area (Å²) in [7, 11) is 1.46. The van der Waals surface area contributed by atoms with Crippen LogP contribution in [0.15, 0.2) is 86.6 Å². The molecule has 0 spiro atoms. The molecular weight excluding hydrogens is 428 g/mol. The predicted molar refractivity (Wildman–Crippen MR) is 126 cm³/mol. The van der Waals surface area contributed by atoms with E-state index in [1.54, 1.807) is 48.5 Å². The quantitative estimate of drug-likeness (QED) is 0.148. The lowest BCUT2D eigenvalue weighted by molar-refractivity contribution is -0.113. The molecule has 2 aromatic heterocycles. The molecule has 0 aliphatic rings. The Bertz CT molecular complexity index is 1390. The minimum atomic E-state index is -0.508. The molecule has 32 heavy (non-hydrogen) atoms. The van der Waals surface area contributed by atoms with Crippen LogP contribution in [0.3, 0.4) is 0 Å². The number of hydrogen-bond acceptors (Lipinski definition) is 6. The average Bonchev–Trinajstić information content (AvgIpc) is 3.31. The number of hydrogen-bond donors (Lipinski definition) is 2. The Hall–Kier alpha value is -4.04. The van der Waals surface area contributed by atoms with Crippen LogP contribution in [-0.2, 0) is 4.79 Å². The molecule has 0 saturated heterocycles. The lowest BCUT2D eigenvalue weighted by Crippen LogP contribution is -2.32. The topological polar surface area (TPSA) is 96.7 Å². The molecule has 1 amide bonds. The molecule has 160 valence electrons. The van der Waals surface area contributed by atoms with Crippen molar-refractivity contribution in [2.45, 2.75) is 0 Å². The largest absolute Gasteiger partial charge is 0.496 e. The normalized spacial score (nSPS) is 11.1. The molecule has 0 bridgehead atoms. The van der Waals surface area contributed by atoms with Crippen LogP contribution < -0.4 is 15.3 Å². The monoisotopic (exact) mass is 446 g/mol. The van der Waals surface area contributed by atoms with E-state index in [2.05, 4.69) is 12.6 Å². The standard InChI is InChI=1S/C24H18N2O5S/c1-29-21-14-16(26(24(25)32)22(27)11-9-17-6-4-12-30-17)8-10-18(21)19-13-15-5-2-3-7-20(15)31-23(19)28/h2-14H,1H3,(H2,25,32)/b11-9+. The van der Waals surface area contributed by atoms with Crippen molar-refractivity contribution in [1.29, 1.82) is 5.41 Å². The van der Waals surface area contributed by atoms with Gasteiger partial charge in [0.1, 0.15) is 17.1 Å². The van der Waals surface area contributed by atoms with Crippen LogP contribution in [-0.4, -0.2) is 18.2 Å². The zero-order valence-electron chi connectivity index (χ0n) is 16.9. The summed E-state index contributed by atoms with van der Waals surface area (Å²) < 4.78 is 16.1. The Kier molecular flexibility index (Phi) is 5.96. The van der Waals surface area contributed by atoms with Gasteiger partial charge < -0.3 is 13.6 Å². The van der Waals surface area contributed by atoms with Gasteiger partial charge in [-0.25, -0.2) is 4.79 Å². The Balaban J connectivity index is 1.74. The summed E-state index contributed by atoms with van der Waals surface area (Å²) in [5, 5.41) is 8.44. The Morgan fingerprint density at radius 3 is 2.62 bits per heavy atom. The third kappa shape index (κ3) is 4.21. The van der Waals surface area contributed by atoms with E-state index in [0.29, 0.717) is 33.9 Å². The van der Waals surface area contributed by atoms with Gasteiger partial charge in [-0.05, 0) is 42.5 Å². The summed E-state index contributed by atoms with van der Waals surface area (Å²) >= 11 is 4.05. The summed E-state index contributed by atoms with van der Waals surface area (Å²) in [6, 6.07) is 17.2. The molecule has 0 unspecified atom stereocenters. The number of amidine groups is 1. The van der Waals surface area contributed by atoms with Crippen molar-refractivity contribution in [2.75, 3.05) is 12.0 Å². The maximum Gasteiger partial charge on any atom is 0.344 e. The number of methoxy groups -OCH3 is 1. The number of para-hydroxylation sites is 1. The van der Waals surface area contributed by atoms with Crippen LogP contribution in [0.4, 0.5) is 5.69 Å². The highest BCUT2D eigenvalue weighted by atomic mass is 32.1. The lowest BCUT2D eigenvalue weighted by Gasteiger charge is -2.20. The molecule has 2 aromatic carbocycles. The van der Waals surface area contributed by atoms with Crippen molar-refractivity contribution < 1.29 is 18.4 Å². The van der Waals surface area contributed by atoms with Gasteiger partial charge in [-0.3, -0.25) is 15.1 Å². The molecule has 7 nitrogen and oxygen atoms in total. The molecule has 0 fully saturated rings. The number of nitrogens with one attached hydrogen (secondary N) is 1. The number of carbonyl (C=O) groups excluding carboxylic acids is 1. The fourth-order valence-electron chi connectivity index (χ4n) is 3.26. The van der Waals surface area contributed by atoms with E-state index in [9.17, 15) is 9.59 Å². The molecule has 1 N–H and O–H groups in total. The second kappa shape index (κ2) is 8.99. The van der Waals surface area contributed by atoms with Crippen molar-refractivity contribution in [2.24, 2.45) is 0 Å². The fraction of sp³-hybridized carbons (Fsp3) is 0.0417. The molecule has 4 aromatic rings. The second-order valence-electron chi connectivity index (χ2n) is 6.72. The van der Waals surface area contributed by atoms with Gasteiger partial charge >= 0.3 is 5.63 Å². The number of benzene rings is 2. The van der Waals surface area contributed by atoms with Gasteiger partial charge in [-0.15, -0.1) is 12.6 Å². The van der Waals surface area contributed by atoms with Crippen LogP contribution in [0.1, 0.15) is 5.76 Å². The molecule has 0 aliphatic heterocycles. The molecular formula is C24H18N2O5S. The van der Waals surface area contributed by atoms with E-state index in [1.807, 2.05) is 12.1 Å². The highest BCUT2D eigenvalue weighted by molar-refractivity contribution is 7.97. The zero-order chi connectivity index (χ0) is 22.7. The number of furan rings is 1. The van der Waals surface area contributed by atoms with E-state index in [0.717, 1.165) is 10.3 Å². The molecule has 0 radical (unpaired) electrons. The number of nitrogens with zero attached hydrogens (tertiary/aromatic N) is 1. The first-order valence-corrected chi connectivity index (χ1v) is 9.97. The van der Waals surface area contributed by atoms with Crippen LogP contribution in [0.2, 0.25) is 0 Å². The van der Waals surface area contributed by atoms with Crippen molar-refractivity contribution in [3.8, 4) is 16.9 Å². The number of rotatable bonds is 5. The van der Waals surface area contributed by atoms with Crippen molar-refractivity contribution in [3.05, 3.63) is 89.2 Å². The Morgan fingerprint density at radius 2 is 1.91 bits per heavy atom. The minimum Gasteiger partial charge on any atom is -0.496 e. The molecule has 4 rings (SSSR count). The number of ether oxygens (including phenoxy) is 1. The van der Waals surface area contributed by atoms with Gasteiger partial charge in [0.05, 0.1) is 24.6 Å². The molecule has 0 aliphatic carbocycles. The third-order valence-electron chi connectivity index (χ3n) is 4.74. The number of amides is 1. The number of fused-ring (bicyclic) bond motifs is 1. The van der Waals surface area contributed by atoms with E-state index in [4.69, 9.17) is 19.0 Å². The van der Waals surface area contributed by atoms with Gasteiger partial charge in [-0.2, -0.15) is 0 Å². The fourth-order valence-corrected chi connectivity index (χ4v) is 3.47. The van der Waals surface area contributed by atoms with Crippen molar-refractivity contribution in [3.63, 3.8) is 0 Å². The number of carbonyl (C=O) groups is 1. The van der Waals surface area contributed by atoms with Gasteiger partial charge in [0.2, 0.25) is 0 Å². The first-order valence-electron chi connectivity index (χ1n) is 9.52. The molecule has 0 saturated carbocycles. The average molecular weight is 446 g/mol. The summed E-state index contributed by atoms with van der Waals surface area (Å²) in [4.78, 5) is 26.4. The zero-order valence-corrected chi connectivity index (χ0v) is 17.8. The number of anilines is 1. The van der Waals surface area contributed by atoms with Gasteiger partial charge in [0.15, 0.2) is 5.17 Å². The molecule has 8 heteroatoms. The number of thiol groups is 1. The van der Waals surface area contributed by atoms with Crippen LogP contribution in [0.25, 0.3) is 28.2 Å². The van der Waals surface area contributed by atoms with E-state index in [1.165, 1.54) is 25.5 Å². The van der Waals surface area contributed by atoms with Crippen LogP contribution >= 0.6 is 12.6 Å². The van der Waals surface area contributed by atoms with E-state index in [-0.39, 0.29) is 5.17 Å². The van der Waals surface area contributed by atoms with Gasteiger partial charge in [-0.1, -0.05) is 18.2 Å². The third-order valence-corrected chi connectivity index (χ3v) is 4.94. The van der Waals surface area contributed by atoms with E-state index < -0.39 is 11.5 Å². The summed E-state index contributed by atoms with van der Waals surface area (Å²) in [6.07, 6.45) is 4.27. The second-order valence-corrected chi connectivity index (χ2v) is 7.14. The SMILES string of the molecule is COc1cc(N(C(=N)S)C(=O)/C=C/c2ccco2)ccc1-c1cc2ccccc2oc1=O. The Labute approximate surface area is 188 Å². The van der Waals surface area contributed by atoms with Gasteiger partial charge in [0, 0.05) is 23.1 Å². The van der Waals surface area contributed by atoms with Crippen molar-refractivity contribution >= 4 is 46.4 Å². The van der Waals surface area contributed by atoms with Crippen LogP contribution in [0, 0.1) is 5.41 Å². The van der Waals surface area contributed by atoms with Crippen molar-refractivity contribution in [1.82, 2.24) is 0 Å². The lowest BCUT2D eigenvalue weighted by atomic mass is 10.0. The minimum absolute atomic E-state index is 0.279. The van der Waals surface area contributed by atoms with Gasteiger partial charge in [0.25, 0.3) is 5.91 Å². The van der Waals surface area contributed by atoms with Crippen LogP contribution in [0.5, 0.6) is 5.75 Å². The maximum atomic E-state index is 12.7. The smallest absolute Gasteiger partial charge is 0.344 e. The highest BCUT2D eigenvalue weighted by Crippen LogP contribution is 2.34. The summed E-state index contributed by atoms with van der Waals surface area (Å²) in [6.45, 7) is 0. The first kappa shape index (κ1) is 21.2. The Morgan fingerprint density at radius 1 is 1.09 bits per heavy atom. The summed E-state index contributed by atoms with van der Waals surface area (Å²) in [5.74, 6) is 0.342. The highest BCUT2D eigenvalue weighted by Gasteiger charge is 2.20. The first-order chi connectivity index (χ1) is 15.5. The summed E-state index contributed by atoms with van der Waals surface area (Å²) in [5.41, 5.74) is 1.15. The molecule has 2 heterocycles. The maximum absolute atomic E-state index is 12.7. The molecule has 0 atom stereocenters. The van der Waals surface area contributed by atoms with E-state index >= 15 is 0 Å². The predicted octanol–water partition coefficient (Wildman–Crippen LogP) is 4.97.